The molecule has 11 heteroatoms. The molecule has 188 valence electrons. The standard InChI is InChI=1S/C24H24F3NO6S/c1-5-32-22(29)19-13-20(34-35(30,31)24(25,26)27)17-11-16(33-14-15-9-7-6-8-10-15)12-18(21(17)28-19)23(2,3)4/h6-13H,5,14H2,1-4H3. The molecule has 1 aromatic heterocycles. The summed E-state index contributed by atoms with van der Waals surface area (Å²) in [5.74, 6) is -1.40. The third kappa shape index (κ3) is 6.02. The first-order valence-corrected chi connectivity index (χ1v) is 12.0. The summed E-state index contributed by atoms with van der Waals surface area (Å²) in [6.07, 6.45) is 0. The average molecular weight is 512 g/mol. The molecule has 1 heterocycles. The Labute approximate surface area is 201 Å². The van der Waals surface area contributed by atoms with Gasteiger partial charge in [-0.05, 0) is 35.6 Å². The van der Waals surface area contributed by atoms with Gasteiger partial charge in [0.05, 0.1) is 12.1 Å². The van der Waals surface area contributed by atoms with Crippen molar-refractivity contribution in [2.75, 3.05) is 6.61 Å². The van der Waals surface area contributed by atoms with Crippen molar-refractivity contribution in [2.45, 2.75) is 45.2 Å². The molecule has 0 amide bonds. The van der Waals surface area contributed by atoms with Crippen LogP contribution in [0.1, 0.15) is 49.3 Å². The van der Waals surface area contributed by atoms with Crippen molar-refractivity contribution in [2.24, 2.45) is 0 Å². The summed E-state index contributed by atoms with van der Waals surface area (Å²) in [7, 11) is -6.03. The first kappa shape index (κ1) is 26.3. The van der Waals surface area contributed by atoms with Gasteiger partial charge < -0.3 is 13.7 Å². The molecule has 0 saturated heterocycles. The van der Waals surface area contributed by atoms with E-state index in [2.05, 4.69) is 9.17 Å². The van der Waals surface area contributed by atoms with Crippen molar-refractivity contribution < 1.29 is 40.0 Å². The molecule has 0 fully saturated rings. The van der Waals surface area contributed by atoms with Crippen LogP contribution in [0.4, 0.5) is 13.2 Å². The Morgan fingerprint density at radius 1 is 1.03 bits per heavy atom. The Hall–Kier alpha value is -3.34. The summed E-state index contributed by atoms with van der Waals surface area (Å²) < 4.78 is 78.2. The Balaban J connectivity index is 2.24. The fourth-order valence-corrected chi connectivity index (χ4v) is 3.68. The van der Waals surface area contributed by atoms with E-state index in [1.54, 1.807) is 13.0 Å². The zero-order valence-corrected chi connectivity index (χ0v) is 20.3. The molecule has 0 aliphatic rings. The summed E-state index contributed by atoms with van der Waals surface area (Å²) in [4.78, 5) is 16.6. The second-order valence-electron chi connectivity index (χ2n) is 8.60. The number of pyridine rings is 1. The lowest BCUT2D eigenvalue weighted by molar-refractivity contribution is -0.0499. The number of rotatable bonds is 7. The topological polar surface area (TPSA) is 91.8 Å². The van der Waals surface area contributed by atoms with E-state index in [9.17, 15) is 26.4 Å². The molecular weight excluding hydrogens is 487 g/mol. The third-order valence-electron chi connectivity index (χ3n) is 4.87. The second kappa shape index (κ2) is 9.73. The molecule has 0 N–H and O–H groups in total. The lowest BCUT2D eigenvalue weighted by Gasteiger charge is -2.23. The predicted octanol–water partition coefficient (Wildman–Crippen LogP) is 5.52. The van der Waals surface area contributed by atoms with Crippen LogP contribution in [0.25, 0.3) is 10.9 Å². The Morgan fingerprint density at radius 3 is 2.26 bits per heavy atom. The lowest BCUT2D eigenvalue weighted by atomic mass is 9.85. The number of carbonyl (C=O) groups excluding carboxylic acids is 1. The highest BCUT2D eigenvalue weighted by atomic mass is 32.2. The Morgan fingerprint density at radius 2 is 1.69 bits per heavy atom. The van der Waals surface area contributed by atoms with Crippen LogP contribution in [-0.4, -0.2) is 31.5 Å². The molecule has 2 aromatic carbocycles. The summed E-state index contributed by atoms with van der Waals surface area (Å²) in [6.45, 7) is 7.16. The van der Waals surface area contributed by atoms with Crippen LogP contribution in [-0.2, 0) is 26.9 Å². The zero-order chi connectivity index (χ0) is 26.0. The van der Waals surface area contributed by atoms with Crippen molar-refractivity contribution in [3.05, 3.63) is 65.4 Å². The maximum Gasteiger partial charge on any atom is 0.534 e. The number of halogens is 3. The van der Waals surface area contributed by atoms with Crippen LogP contribution in [0, 0.1) is 0 Å². The quantitative estimate of drug-likeness (QED) is 0.234. The SMILES string of the molecule is CCOC(=O)c1cc(OS(=O)(=O)C(F)(F)F)c2cc(OCc3ccccc3)cc(C(C)(C)C)c2n1. The van der Waals surface area contributed by atoms with Gasteiger partial charge in [-0.25, -0.2) is 9.78 Å². The lowest BCUT2D eigenvalue weighted by Crippen LogP contribution is -2.28. The van der Waals surface area contributed by atoms with E-state index in [4.69, 9.17) is 9.47 Å². The highest BCUT2D eigenvalue weighted by Gasteiger charge is 2.49. The highest BCUT2D eigenvalue weighted by Crippen LogP contribution is 2.39. The summed E-state index contributed by atoms with van der Waals surface area (Å²) >= 11 is 0. The number of esters is 1. The largest absolute Gasteiger partial charge is 0.534 e. The number of hydrogen-bond acceptors (Lipinski definition) is 7. The normalized spacial score (nSPS) is 12.4. The molecule has 3 aromatic rings. The monoisotopic (exact) mass is 511 g/mol. The van der Waals surface area contributed by atoms with E-state index in [-0.39, 0.29) is 29.9 Å². The number of alkyl halides is 3. The van der Waals surface area contributed by atoms with Crippen LogP contribution in [0.15, 0.2) is 48.5 Å². The van der Waals surface area contributed by atoms with Crippen molar-refractivity contribution in [3.63, 3.8) is 0 Å². The molecule has 0 spiro atoms. The van der Waals surface area contributed by atoms with Crippen LogP contribution >= 0.6 is 0 Å². The molecule has 7 nitrogen and oxygen atoms in total. The van der Waals surface area contributed by atoms with Gasteiger partial charge in [0, 0.05) is 11.5 Å². The van der Waals surface area contributed by atoms with E-state index in [0.29, 0.717) is 5.56 Å². The van der Waals surface area contributed by atoms with Crippen LogP contribution in [0.3, 0.4) is 0 Å². The molecule has 0 bridgehead atoms. The maximum atomic E-state index is 13.1. The minimum absolute atomic E-state index is 0.0199. The van der Waals surface area contributed by atoms with Gasteiger partial charge in [0.1, 0.15) is 12.4 Å². The molecule has 0 radical (unpaired) electrons. The van der Waals surface area contributed by atoms with Crippen LogP contribution < -0.4 is 8.92 Å². The molecule has 0 unspecified atom stereocenters. The van der Waals surface area contributed by atoms with Gasteiger partial charge in [0.15, 0.2) is 11.4 Å². The number of fused-ring (bicyclic) bond motifs is 1. The summed E-state index contributed by atoms with van der Waals surface area (Å²) in [6, 6.07) is 13.0. The first-order valence-electron chi connectivity index (χ1n) is 10.6. The van der Waals surface area contributed by atoms with E-state index < -0.39 is 38.5 Å². The fourth-order valence-electron chi connectivity index (χ4n) is 3.21. The molecule has 3 rings (SSSR count). The van der Waals surface area contributed by atoms with Gasteiger partial charge in [0.2, 0.25) is 0 Å². The molecule has 0 saturated carbocycles. The second-order valence-corrected chi connectivity index (χ2v) is 10.1. The Bertz CT molecular complexity index is 1330. The highest BCUT2D eigenvalue weighted by molar-refractivity contribution is 7.88. The molecule has 35 heavy (non-hydrogen) atoms. The van der Waals surface area contributed by atoms with Gasteiger partial charge >= 0.3 is 21.6 Å². The number of carbonyl (C=O) groups is 1. The average Bonchev–Trinajstić information content (AvgIpc) is 2.76. The van der Waals surface area contributed by atoms with E-state index in [1.807, 2.05) is 51.1 Å². The summed E-state index contributed by atoms with van der Waals surface area (Å²) in [5, 5.41) is -0.0682. The van der Waals surface area contributed by atoms with Crippen molar-refractivity contribution in [3.8, 4) is 11.5 Å². The summed E-state index contributed by atoms with van der Waals surface area (Å²) in [5.41, 5.74) is -5.26. The number of nitrogens with zero attached hydrogens (tertiary/aromatic N) is 1. The van der Waals surface area contributed by atoms with Crippen LogP contribution in [0.5, 0.6) is 11.5 Å². The van der Waals surface area contributed by atoms with Crippen molar-refractivity contribution >= 4 is 27.0 Å². The number of hydrogen-bond donors (Lipinski definition) is 0. The fraction of sp³-hybridized carbons (Fsp3) is 0.333. The zero-order valence-electron chi connectivity index (χ0n) is 19.5. The minimum Gasteiger partial charge on any atom is -0.489 e. The third-order valence-corrected chi connectivity index (χ3v) is 5.84. The molecular formula is C24H24F3NO6S. The number of benzene rings is 2. The van der Waals surface area contributed by atoms with Crippen LogP contribution in [0.2, 0.25) is 0 Å². The molecule has 0 aliphatic heterocycles. The van der Waals surface area contributed by atoms with E-state index in [1.165, 1.54) is 6.07 Å². The van der Waals surface area contributed by atoms with Gasteiger partial charge in [-0.15, -0.1) is 0 Å². The number of aromatic nitrogens is 1. The van der Waals surface area contributed by atoms with Crippen molar-refractivity contribution in [1.29, 1.82) is 0 Å². The molecule has 0 aliphatic carbocycles. The van der Waals surface area contributed by atoms with Gasteiger partial charge in [0.25, 0.3) is 0 Å². The minimum atomic E-state index is -6.03. The number of ether oxygens (including phenoxy) is 2. The maximum absolute atomic E-state index is 13.1. The van der Waals surface area contributed by atoms with Gasteiger partial charge in [-0.3, -0.25) is 0 Å². The predicted molar refractivity (Wildman–Crippen MR) is 123 cm³/mol. The van der Waals surface area contributed by atoms with Gasteiger partial charge in [-0.1, -0.05) is 51.1 Å². The Kier molecular flexibility index (Phi) is 7.30. The van der Waals surface area contributed by atoms with E-state index in [0.717, 1.165) is 11.6 Å². The molecule has 0 atom stereocenters. The first-order chi connectivity index (χ1) is 16.2. The van der Waals surface area contributed by atoms with E-state index >= 15 is 0 Å². The van der Waals surface area contributed by atoms with Gasteiger partial charge in [-0.2, -0.15) is 21.6 Å². The van der Waals surface area contributed by atoms with Crippen molar-refractivity contribution in [1.82, 2.24) is 4.98 Å². The smallest absolute Gasteiger partial charge is 0.489 e.